The topological polar surface area (TPSA) is 64.4 Å². The molecular weight excluding hydrogens is 337 g/mol. The van der Waals surface area contributed by atoms with Crippen molar-refractivity contribution in [3.63, 3.8) is 0 Å². The van der Waals surface area contributed by atoms with Gasteiger partial charge in [-0.3, -0.25) is 14.3 Å². The highest BCUT2D eigenvalue weighted by atomic mass is 19.1. The number of halogens is 1. The van der Waals surface area contributed by atoms with Crippen LogP contribution in [0.3, 0.4) is 0 Å². The number of hydrogen-bond acceptors (Lipinski definition) is 4. The fraction of sp³-hybridized carbons (Fsp3) is 0.105. The SMILES string of the molecule is Cn1ccc(COc2ccc(F)cc2N2C(=O)c3ccccc3C2=O)n1. The molecule has 1 aliphatic heterocycles. The molecule has 4 rings (SSSR count). The summed E-state index contributed by atoms with van der Waals surface area (Å²) in [6, 6.07) is 12.0. The van der Waals surface area contributed by atoms with Crippen molar-refractivity contribution in [1.29, 1.82) is 0 Å². The van der Waals surface area contributed by atoms with Gasteiger partial charge in [0.1, 0.15) is 18.2 Å². The number of carbonyl (C=O) groups is 2. The fourth-order valence-electron chi connectivity index (χ4n) is 2.89. The van der Waals surface area contributed by atoms with Crippen molar-refractivity contribution in [2.24, 2.45) is 7.05 Å². The Morgan fingerprint density at radius 3 is 2.35 bits per heavy atom. The molecule has 1 aromatic heterocycles. The molecule has 0 fully saturated rings. The van der Waals surface area contributed by atoms with Gasteiger partial charge in [0, 0.05) is 19.3 Å². The van der Waals surface area contributed by atoms with Crippen LogP contribution >= 0.6 is 0 Å². The maximum absolute atomic E-state index is 13.8. The summed E-state index contributed by atoms with van der Waals surface area (Å²) in [5.74, 6) is -1.34. The number of fused-ring (bicyclic) bond motifs is 1. The van der Waals surface area contributed by atoms with Gasteiger partial charge < -0.3 is 4.74 Å². The van der Waals surface area contributed by atoms with E-state index in [0.29, 0.717) is 5.69 Å². The molecule has 0 atom stereocenters. The zero-order valence-corrected chi connectivity index (χ0v) is 13.8. The quantitative estimate of drug-likeness (QED) is 0.678. The molecule has 2 heterocycles. The second-order valence-corrected chi connectivity index (χ2v) is 5.87. The number of amides is 2. The Kier molecular flexibility index (Phi) is 3.76. The zero-order valence-electron chi connectivity index (χ0n) is 13.8. The van der Waals surface area contributed by atoms with Gasteiger partial charge in [0.15, 0.2) is 0 Å². The van der Waals surface area contributed by atoms with Crippen LogP contribution in [0.4, 0.5) is 10.1 Å². The van der Waals surface area contributed by atoms with Crippen molar-refractivity contribution in [2.75, 3.05) is 4.90 Å². The predicted octanol–water partition coefficient (Wildman–Crippen LogP) is 2.94. The molecule has 0 saturated heterocycles. The average molecular weight is 351 g/mol. The Balaban J connectivity index is 1.69. The number of ether oxygens (including phenoxy) is 1. The van der Waals surface area contributed by atoms with Crippen LogP contribution < -0.4 is 9.64 Å². The first kappa shape index (κ1) is 16.0. The lowest BCUT2D eigenvalue weighted by molar-refractivity contribution is 0.0924. The molecule has 6 nitrogen and oxygen atoms in total. The van der Waals surface area contributed by atoms with E-state index >= 15 is 0 Å². The minimum Gasteiger partial charge on any atom is -0.485 e. The zero-order chi connectivity index (χ0) is 18.3. The van der Waals surface area contributed by atoms with Crippen molar-refractivity contribution in [1.82, 2.24) is 9.78 Å². The second-order valence-electron chi connectivity index (χ2n) is 5.87. The average Bonchev–Trinajstić information content (AvgIpc) is 3.16. The molecule has 0 bridgehead atoms. The number of aromatic nitrogens is 2. The molecule has 0 radical (unpaired) electrons. The minimum absolute atomic E-state index is 0.0760. The van der Waals surface area contributed by atoms with Gasteiger partial charge in [-0.1, -0.05) is 12.1 Å². The van der Waals surface area contributed by atoms with E-state index in [1.54, 1.807) is 48.3 Å². The lowest BCUT2D eigenvalue weighted by atomic mass is 10.1. The molecule has 3 aromatic rings. The van der Waals surface area contributed by atoms with Gasteiger partial charge in [-0.15, -0.1) is 0 Å². The highest BCUT2D eigenvalue weighted by Crippen LogP contribution is 2.35. The summed E-state index contributed by atoms with van der Waals surface area (Å²) < 4.78 is 21.2. The van der Waals surface area contributed by atoms with E-state index in [2.05, 4.69) is 5.10 Å². The van der Waals surface area contributed by atoms with E-state index < -0.39 is 17.6 Å². The maximum Gasteiger partial charge on any atom is 0.266 e. The van der Waals surface area contributed by atoms with Gasteiger partial charge in [-0.25, -0.2) is 9.29 Å². The van der Waals surface area contributed by atoms with Crippen molar-refractivity contribution < 1.29 is 18.7 Å². The number of hydrogen-bond donors (Lipinski definition) is 0. The van der Waals surface area contributed by atoms with Gasteiger partial charge >= 0.3 is 0 Å². The van der Waals surface area contributed by atoms with Gasteiger partial charge in [0.25, 0.3) is 11.8 Å². The molecule has 2 aromatic carbocycles. The van der Waals surface area contributed by atoms with Crippen LogP contribution in [0.2, 0.25) is 0 Å². The summed E-state index contributed by atoms with van der Waals surface area (Å²) in [7, 11) is 1.78. The van der Waals surface area contributed by atoms with Crippen molar-refractivity contribution >= 4 is 17.5 Å². The van der Waals surface area contributed by atoms with E-state index in [0.717, 1.165) is 11.0 Å². The predicted molar refractivity (Wildman–Crippen MR) is 91.5 cm³/mol. The molecular formula is C19H14FN3O3. The van der Waals surface area contributed by atoms with Crippen LogP contribution in [-0.2, 0) is 13.7 Å². The number of carbonyl (C=O) groups excluding carboxylic acids is 2. The lowest BCUT2D eigenvalue weighted by Crippen LogP contribution is -2.30. The Bertz CT molecular complexity index is 993. The normalized spacial score (nSPS) is 13.2. The van der Waals surface area contributed by atoms with E-state index in [-0.39, 0.29) is 29.2 Å². The summed E-state index contributed by atoms with van der Waals surface area (Å²) in [6.07, 6.45) is 1.77. The van der Waals surface area contributed by atoms with E-state index in [4.69, 9.17) is 4.74 Å². The molecule has 0 aliphatic carbocycles. The van der Waals surface area contributed by atoms with Crippen LogP contribution in [0.15, 0.2) is 54.7 Å². The number of benzene rings is 2. The first-order valence-corrected chi connectivity index (χ1v) is 7.93. The van der Waals surface area contributed by atoms with Gasteiger partial charge in [0.2, 0.25) is 0 Å². The maximum atomic E-state index is 13.8. The third-order valence-electron chi connectivity index (χ3n) is 4.10. The summed E-state index contributed by atoms with van der Waals surface area (Å²) in [6.45, 7) is 0.128. The highest BCUT2D eigenvalue weighted by Gasteiger charge is 2.38. The smallest absolute Gasteiger partial charge is 0.266 e. The molecule has 7 heteroatoms. The third kappa shape index (κ3) is 2.63. The van der Waals surface area contributed by atoms with Crippen LogP contribution in [0.1, 0.15) is 26.4 Å². The number of imide groups is 1. The van der Waals surface area contributed by atoms with Crippen LogP contribution in [0, 0.1) is 5.82 Å². The fourth-order valence-corrected chi connectivity index (χ4v) is 2.89. The second kappa shape index (κ2) is 6.11. The van der Waals surface area contributed by atoms with Crippen LogP contribution in [0.5, 0.6) is 5.75 Å². The first-order chi connectivity index (χ1) is 12.5. The monoisotopic (exact) mass is 351 g/mol. The van der Waals surface area contributed by atoms with Gasteiger partial charge in [0.05, 0.1) is 22.5 Å². The van der Waals surface area contributed by atoms with Crippen molar-refractivity contribution in [3.05, 3.63) is 77.4 Å². The molecule has 0 N–H and O–H groups in total. The van der Waals surface area contributed by atoms with E-state index in [9.17, 15) is 14.0 Å². The van der Waals surface area contributed by atoms with Gasteiger partial charge in [-0.05, 0) is 30.3 Å². The standard InChI is InChI=1S/C19H14FN3O3/c1-22-9-8-13(21-22)11-26-17-7-6-12(20)10-16(17)23-18(24)14-4-2-3-5-15(14)19(23)25/h2-10H,11H2,1H3. The number of nitrogens with zero attached hydrogens (tertiary/aromatic N) is 3. The molecule has 26 heavy (non-hydrogen) atoms. The van der Waals surface area contributed by atoms with Crippen LogP contribution in [-0.4, -0.2) is 21.6 Å². The summed E-state index contributed by atoms with van der Waals surface area (Å²) in [4.78, 5) is 26.3. The van der Waals surface area contributed by atoms with Crippen molar-refractivity contribution in [3.8, 4) is 5.75 Å². The first-order valence-electron chi connectivity index (χ1n) is 7.93. The molecule has 0 saturated carbocycles. The Morgan fingerprint density at radius 1 is 1.04 bits per heavy atom. The number of anilines is 1. The Labute approximate surface area is 148 Å². The molecule has 1 aliphatic rings. The number of rotatable bonds is 4. The highest BCUT2D eigenvalue weighted by molar-refractivity contribution is 6.34. The largest absolute Gasteiger partial charge is 0.485 e. The molecule has 130 valence electrons. The van der Waals surface area contributed by atoms with Crippen LogP contribution in [0.25, 0.3) is 0 Å². The molecule has 0 spiro atoms. The Hall–Kier alpha value is -3.48. The Morgan fingerprint density at radius 2 is 1.73 bits per heavy atom. The van der Waals surface area contributed by atoms with Crippen molar-refractivity contribution in [2.45, 2.75) is 6.61 Å². The molecule has 0 unspecified atom stereocenters. The summed E-state index contributed by atoms with van der Waals surface area (Å²) >= 11 is 0. The third-order valence-corrected chi connectivity index (χ3v) is 4.10. The summed E-state index contributed by atoms with van der Waals surface area (Å²) in [5, 5.41) is 4.20. The summed E-state index contributed by atoms with van der Waals surface area (Å²) in [5.41, 5.74) is 1.33. The van der Waals surface area contributed by atoms with E-state index in [1.807, 2.05) is 0 Å². The van der Waals surface area contributed by atoms with Gasteiger partial charge in [-0.2, -0.15) is 5.10 Å². The lowest BCUT2D eigenvalue weighted by Gasteiger charge is -2.18. The minimum atomic E-state index is -0.568. The van der Waals surface area contributed by atoms with E-state index in [1.165, 1.54) is 12.1 Å². The number of aryl methyl sites for hydroxylation is 1. The molecule has 2 amide bonds.